The van der Waals surface area contributed by atoms with E-state index in [0.717, 1.165) is 19.6 Å². The Balaban J connectivity index is 2.32. The van der Waals surface area contributed by atoms with Gasteiger partial charge in [-0.15, -0.1) is 0 Å². The van der Waals surface area contributed by atoms with Crippen LogP contribution in [0.2, 0.25) is 0 Å². The van der Waals surface area contributed by atoms with Crippen LogP contribution in [-0.2, 0) is 0 Å². The van der Waals surface area contributed by atoms with E-state index in [1.165, 1.54) is 6.42 Å². The Hall–Kier alpha value is -0.340. The van der Waals surface area contributed by atoms with Gasteiger partial charge in [0, 0.05) is 25.2 Å². The van der Waals surface area contributed by atoms with Gasteiger partial charge in [-0.2, -0.15) is 0 Å². The fourth-order valence-electron chi connectivity index (χ4n) is 1.41. The van der Waals surface area contributed by atoms with Crippen molar-refractivity contribution in [2.24, 2.45) is 5.73 Å². The predicted molar refractivity (Wildman–Crippen MR) is 48.5 cm³/mol. The largest absolute Gasteiger partial charge is 0.324 e. The van der Waals surface area contributed by atoms with E-state index >= 15 is 0 Å². The average molecular weight is 154 g/mol. The number of rotatable bonds is 2. The third kappa shape index (κ3) is 3.54. The molecular weight excluding hydrogens is 136 g/mol. The quantitative estimate of drug-likeness (QED) is 0.601. The number of hydrogen-bond donors (Lipinski definition) is 1. The second kappa shape index (κ2) is 3.37. The lowest BCUT2D eigenvalue weighted by Gasteiger charge is -2.30. The Bertz CT molecular complexity index is 144. The van der Waals surface area contributed by atoms with Crippen molar-refractivity contribution in [1.82, 2.24) is 4.90 Å². The van der Waals surface area contributed by atoms with Crippen molar-refractivity contribution in [2.75, 3.05) is 19.6 Å². The molecule has 1 heterocycles. The van der Waals surface area contributed by atoms with Crippen molar-refractivity contribution in [3.05, 3.63) is 12.2 Å². The molecule has 1 aliphatic heterocycles. The van der Waals surface area contributed by atoms with Crippen molar-refractivity contribution < 1.29 is 0 Å². The van der Waals surface area contributed by atoms with Crippen molar-refractivity contribution >= 4 is 0 Å². The Labute approximate surface area is 69.1 Å². The molecule has 0 aromatic heterocycles. The van der Waals surface area contributed by atoms with E-state index in [0.29, 0.717) is 0 Å². The third-order valence-electron chi connectivity index (χ3n) is 1.77. The minimum atomic E-state index is -0.0504. The molecule has 0 atom stereocenters. The normalized spacial score (nSPS) is 20.6. The molecule has 0 fully saturated rings. The monoisotopic (exact) mass is 154 g/mol. The molecule has 0 aromatic rings. The minimum Gasteiger partial charge on any atom is -0.324 e. The maximum absolute atomic E-state index is 5.90. The average Bonchev–Trinajstić information content (AvgIpc) is 1.85. The fourth-order valence-corrected chi connectivity index (χ4v) is 1.41. The van der Waals surface area contributed by atoms with Gasteiger partial charge in [0.15, 0.2) is 0 Å². The Morgan fingerprint density at radius 3 is 2.64 bits per heavy atom. The zero-order valence-corrected chi connectivity index (χ0v) is 7.51. The number of nitrogens with zero attached hydrogens (tertiary/aromatic N) is 1. The summed E-state index contributed by atoms with van der Waals surface area (Å²) in [6.07, 6.45) is 5.63. The first-order valence-corrected chi connectivity index (χ1v) is 4.24. The van der Waals surface area contributed by atoms with Gasteiger partial charge in [-0.05, 0) is 20.3 Å². The van der Waals surface area contributed by atoms with Crippen LogP contribution in [0.4, 0.5) is 0 Å². The summed E-state index contributed by atoms with van der Waals surface area (Å²) in [4.78, 5) is 2.39. The highest BCUT2D eigenvalue weighted by atomic mass is 15.1. The van der Waals surface area contributed by atoms with Crippen molar-refractivity contribution in [1.29, 1.82) is 0 Å². The molecule has 11 heavy (non-hydrogen) atoms. The summed E-state index contributed by atoms with van der Waals surface area (Å²) in [5.41, 5.74) is 5.85. The molecule has 1 rings (SSSR count). The van der Waals surface area contributed by atoms with Crippen LogP contribution in [0, 0.1) is 0 Å². The van der Waals surface area contributed by atoms with Crippen molar-refractivity contribution in [3.63, 3.8) is 0 Å². The van der Waals surface area contributed by atoms with Gasteiger partial charge in [0.25, 0.3) is 0 Å². The van der Waals surface area contributed by atoms with E-state index in [2.05, 4.69) is 30.9 Å². The second-order valence-electron chi connectivity index (χ2n) is 3.98. The van der Waals surface area contributed by atoms with Crippen molar-refractivity contribution in [2.45, 2.75) is 25.8 Å². The van der Waals surface area contributed by atoms with Crippen LogP contribution < -0.4 is 5.73 Å². The number of nitrogens with two attached hydrogens (primary N) is 1. The zero-order chi connectivity index (χ0) is 8.32. The lowest BCUT2D eigenvalue weighted by molar-refractivity contribution is 0.244. The maximum atomic E-state index is 5.90. The van der Waals surface area contributed by atoms with E-state index in [1.807, 2.05) is 0 Å². The third-order valence-corrected chi connectivity index (χ3v) is 1.77. The van der Waals surface area contributed by atoms with Gasteiger partial charge in [-0.25, -0.2) is 0 Å². The molecular formula is C9H18N2. The van der Waals surface area contributed by atoms with Gasteiger partial charge in [0.2, 0.25) is 0 Å². The fraction of sp³-hybridized carbons (Fsp3) is 0.778. The highest BCUT2D eigenvalue weighted by molar-refractivity contribution is 4.92. The molecule has 64 valence electrons. The van der Waals surface area contributed by atoms with Crippen LogP contribution in [0.25, 0.3) is 0 Å². The lowest BCUT2D eigenvalue weighted by Crippen LogP contribution is -2.46. The summed E-state index contributed by atoms with van der Waals surface area (Å²) in [5, 5.41) is 0. The molecule has 2 heteroatoms. The molecule has 2 nitrogen and oxygen atoms in total. The molecule has 0 aromatic carbocycles. The van der Waals surface area contributed by atoms with Gasteiger partial charge in [0.05, 0.1) is 0 Å². The van der Waals surface area contributed by atoms with Crippen LogP contribution in [0.3, 0.4) is 0 Å². The highest BCUT2D eigenvalue weighted by Crippen LogP contribution is 2.06. The molecule has 0 aliphatic carbocycles. The van der Waals surface area contributed by atoms with Crippen LogP contribution in [0.1, 0.15) is 20.3 Å². The van der Waals surface area contributed by atoms with Crippen LogP contribution >= 0.6 is 0 Å². The van der Waals surface area contributed by atoms with Gasteiger partial charge in [0.1, 0.15) is 0 Å². The molecule has 0 saturated heterocycles. The summed E-state index contributed by atoms with van der Waals surface area (Å²) in [7, 11) is 0. The molecule has 0 bridgehead atoms. The summed E-state index contributed by atoms with van der Waals surface area (Å²) in [5.74, 6) is 0. The lowest BCUT2D eigenvalue weighted by atomic mass is 10.1. The summed E-state index contributed by atoms with van der Waals surface area (Å²) in [6, 6.07) is 0. The van der Waals surface area contributed by atoms with E-state index in [1.54, 1.807) is 0 Å². The van der Waals surface area contributed by atoms with Crippen LogP contribution in [-0.4, -0.2) is 30.1 Å². The smallest absolute Gasteiger partial charge is 0.0226 e. The van der Waals surface area contributed by atoms with E-state index in [4.69, 9.17) is 5.73 Å². The van der Waals surface area contributed by atoms with Crippen LogP contribution in [0.15, 0.2) is 12.2 Å². The minimum absolute atomic E-state index is 0.0504. The highest BCUT2D eigenvalue weighted by Gasteiger charge is 2.16. The van der Waals surface area contributed by atoms with E-state index < -0.39 is 0 Å². The van der Waals surface area contributed by atoms with Gasteiger partial charge in [-0.3, -0.25) is 4.90 Å². The van der Waals surface area contributed by atoms with Gasteiger partial charge in [-0.1, -0.05) is 12.2 Å². The maximum Gasteiger partial charge on any atom is 0.0226 e. The van der Waals surface area contributed by atoms with Gasteiger partial charge < -0.3 is 5.73 Å². The Morgan fingerprint density at radius 1 is 1.45 bits per heavy atom. The SMILES string of the molecule is CC(C)(N)CN1CC=CCC1. The first kappa shape index (κ1) is 8.75. The van der Waals surface area contributed by atoms with E-state index in [-0.39, 0.29) is 5.54 Å². The molecule has 1 aliphatic rings. The first-order chi connectivity index (χ1) is 5.08. The molecule has 0 spiro atoms. The summed E-state index contributed by atoms with van der Waals surface area (Å²) in [6.45, 7) is 7.38. The predicted octanol–water partition coefficient (Wildman–Crippen LogP) is 0.986. The first-order valence-electron chi connectivity index (χ1n) is 4.24. The molecule has 0 amide bonds. The van der Waals surface area contributed by atoms with Crippen LogP contribution in [0.5, 0.6) is 0 Å². The molecule has 0 unspecified atom stereocenters. The topological polar surface area (TPSA) is 29.3 Å². The summed E-state index contributed by atoms with van der Waals surface area (Å²) < 4.78 is 0. The Kier molecular flexibility index (Phi) is 2.68. The molecule has 2 N–H and O–H groups in total. The standard InChI is InChI=1S/C9H18N2/c1-9(2,10)8-11-6-4-3-5-7-11/h3-4H,5-8,10H2,1-2H3. The van der Waals surface area contributed by atoms with Crippen molar-refractivity contribution in [3.8, 4) is 0 Å². The summed E-state index contributed by atoms with van der Waals surface area (Å²) >= 11 is 0. The second-order valence-corrected chi connectivity index (χ2v) is 3.98. The Morgan fingerprint density at radius 2 is 2.18 bits per heavy atom. The van der Waals surface area contributed by atoms with Gasteiger partial charge >= 0.3 is 0 Å². The van der Waals surface area contributed by atoms with E-state index in [9.17, 15) is 0 Å². The number of hydrogen-bond acceptors (Lipinski definition) is 2. The molecule has 0 radical (unpaired) electrons. The molecule has 0 saturated carbocycles. The zero-order valence-electron chi connectivity index (χ0n) is 7.51.